The summed E-state index contributed by atoms with van der Waals surface area (Å²) in [4.78, 5) is 25.8. The summed E-state index contributed by atoms with van der Waals surface area (Å²) in [6, 6.07) is 0.619. The highest BCUT2D eigenvalue weighted by atomic mass is 16.4. The van der Waals surface area contributed by atoms with E-state index in [0.29, 0.717) is 32.1 Å². The molecule has 1 heterocycles. The number of carboxylic acid groups (broad SMARTS) is 1. The zero-order valence-electron chi connectivity index (χ0n) is 10.6. The van der Waals surface area contributed by atoms with Crippen molar-refractivity contribution in [3.05, 3.63) is 18.2 Å². The molecule has 7 nitrogen and oxygen atoms in total. The van der Waals surface area contributed by atoms with Crippen LogP contribution < -0.4 is 10.6 Å². The SMILES string of the molecule is O=C(CCNC1CC1)NCCn1cnc(C(=O)O)c1. The number of imidazole rings is 1. The number of hydrogen-bond donors (Lipinski definition) is 3. The van der Waals surface area contributed by atoms with E-state index in [1.807, 2.05) is 0 Å². The number of aromatic nitrogens is 2. The first-order chi connectivity index (χ1) is 9.15. The lowest BCUT2D eigenvalue weighted by atomic mass is 10.4. The third-order valence-electron chi connectivity index (χ3n) is 2.91. The fourth-order valence-electron chi connectivity index (χ4n) is 1.68. The Morgan fingerprint density at radius 1 is 1.42 bits per heavy atom. The van der Waals surface area contributed by atoms with Gasteiger partial charge < -0.3 is 20.3 Å². The molecule has 0 radical (unpaired) electrons. The van der Waals surface area contributed by atoms with Gasteiger partial charge in [0.05, 0.1) is 6.33 Å². The Bertz CT molecular complexity index is 454. The minimum atomic E-state index is -1.05. The van der Waals surface area contributed by atoms with Gasteiger partial charge in [-0.05, 0) is 12.8 Å². The van der Waals surface area contributed by atoms with Gasteiger partial charge in [0.2, 0.25) is 5.91 Å². The summed E-state index contributed by atoms with van der Waals surface area (Å²) in [7, 11) is 0. The van der Waals surface area contributed by atoms with E-state index >= 15 is 0 Å². The topological polar surface area (TPSA) is 96.3 Å². The van der Waals surface area contributed by atoms with Crippen molar-refractivity contribution < 1.29 is 14.7 Å². The maximum atomic E-state index is 11.5. The van der Waals surface area contributed by atoms with Crippen LogP contribution in [0.15, 0.2) is 12.5 Å². The van der Waals surface area contributed by atoms with Crippen LogP contribution in [-0.2, 0) is 11.3 Å². The second-order valence-corrected chi connectivity index (χ2v) is 4.63. The van der Waals surface area contributed by atoms with Crippen molar-refractivity contribution in [2.75, 3.05) is 13.1 Å². The highest BCUT2D eigenvalue weighted by Gasteiger charge is 2.19. The summed E-state index contributed by atoms with van der Waals surface area (Å²) in [5, 5.41) is 14.8. The zero-order valence-corrected chi connectivity index (χ0v) is 10.6. The lowest BCUT2D eigenvalue weighted by Crippen LogP contribution is -2.30. The van der Waals surface area contributed by atoms with Gasteiger partial charge in [0.25, 0.3) is 0 Å². The van der Waals surface area contributed by atoms with Crippen LogP contribution in [0, 0.1) is 0 Å². The standard InChI is InChI=1S/C12H18N4O3/c17-11(3-4-13-9-1-2-9)14-5-6-16-7-10(12(18)19)15-8-16/h7-9,13H,1-6H2,(H,14,17)(H,18,19). The van der Waals surface area contributed by atoms with Crippen molar-refractivity contribution in [2.45, 2.75) is 31.8 Å². The molecule has 1 aliphatic rings. The summed E-state index contributed by atoms with van der Waals surface area (Å²) >= 11 is 0. The largest absolute Gasteiger partial charge is 0.476 e. The number of rotatable bonds is 8. The van der Waals surface area contributed by atoms with Gasteiger partial charge in [-0.2, -0.15) is 0 Å². The molecule has 1 aromatic rings. The van der Waals surface area contributed by atoms with Crippen LogP contribution >= 0.6 is 0 Å². The third kappa shape index (κ3) is 4.70. The zero-order chi connectivity index (χ0) is 13.7. The second-order valence-electron chi connectivity index (χ2n) is 4.63. The Labute approximate surface area is 111 Å². The monoisotopic (exact) mass is 266 g/mol. The summed E-state index contributed by atoms with van der Waals surface area (Å²) in [6.45, 7) is 1.70. The Hall–Kier alpha value is -1.89. The van der Waals surface area contributed by atoms with Crippen molar-refractivity contribution in [1.82, 2.24) is 20.2 Å². The fraction of sp³-hybridized carbons (Fsp3) is 0.583. The van der Waals surface area contributed by atoms with Crippen LogP contribution in [0.5, 0.6) is 0 Å². The quantitative estimate of drug-likeness (QED) is 0.607. The number of nitrogens with one attached hydrogen (secondary N) is 2. The van der Waals surface area contributed by atoms with E-state index in [1.54, 1.807) is 4.57 Å². The lowest BCUT2D eigenvalue weighted by molar-refractivity contribution is -0.121. The predicted octanol–water partition coefficient (Wildman–Crippen LogP) is -0.160. The van der Waals surface area contributed by atoms with Gasteiger partial charge in [-0.15, -0.1) is 0 Å². The average Bonchev–Trinajstić information content (AvgIpc) is 3.05. The molecule has 3 N–H and O–H groups in total. The first kappa shape index (κ1) is 13.5. The molecule has 0 aromatic carbocycles. The maximum Gasteiger partial charge on any atom is 0.356 e. The summed E-state index contributed by atoms with van der Waals surface area (Å²) in [6.07, 6.45) is 5.80. The van der Waals surface area contributed by atoms with Gasteiger partial charge in [0.15, 0.2) is 5.69 Å². The Morgan fingerprint density at radius 3 is 2.84 bits per heavy atom. The summed E-state index contributed by atoms with van der Waals surface area (Å²) < 4.78 is 1.65. The summed E-state index contributed by atoms with van der Waals surface area (Å²) in [5.41, 5.74) is 0.0139. The molecule has 0 unspecified atom stereocenters. The molecular formula is C12H18N4O3. The Morgan fingerprint density at radius 2 is 2.21 bits per heavy atom. The van der Waals surface area contributed by atoms with E-state index in [9.17, 15) is 9.59 Å². The predicted molar refractivity (Wildman–Crippen MR) is 67.8 cm³/mol. The molecule has 1 aromatic heterocycles. The van der Waals surface area contributed by atoms with Crippen LogP contribution in [-0.4, -0.2) is 45.7 Å². The molecule has 0 aliphatic heterocycles. The minimum Gasteiger partial charge on any atom is -0.476 e. The molecule has 0 atom stereocenters. The van der Waals surface area contributed by atoms with Crippen LogP contribution in [0.4, 0.5) is 0 Å². The molecule has 19 heavy (non-hydrogen) atoms. The van der Waals surface area contributed by atoms with Crippen molar-refractivity contribution in [2.24, 2.45) is 0 Å². The number of amides is 1. The first-order valence-corrected chi connectivity index (χ1v) is 6.40. The number of carbonyl (C=O) groups excluding carboxylic acids is 1. The number of carboxylic acids is 1. The number of aromatic carboxylic acids is 1. The van der Waals surface area contributed by atoms with Gasteiger partial charge in [-0.25, -0.2) is 9.78 Å². The molecule has 0 saturated heterocycles. The van der Waals surface area contributed by atoms with E-state index in [-0.39, 0.29) is 11.6 Å². The molecule has 7 heteroatoms. The van der Waals surface area contributed by atoms with E-state index in [2.05, 4.69) is 15.6 Å². The Kier molecular flexibility index (Phi) is 4.51. The van der Waals surface area contributed by atoms with Gasteiger partial charge in [0.1, 0.15) is 0 Å². The average molecular weight is 266 g/mol. The molecule has 1 amide bonds. The van der Waals surface area contributed by atoms with Crippen molar-refractivity contribution in [3.63, 3.8) is 0 Å². The van der Waals surface area contributed by atoms with Crippen molar-refractivity contribution >= 4 is 11.9 Å². The molecule has 1 fully saturated rings. The van der Waals surface area contributed by atoms with Gasteiger partial charge in [-0.1, -0.05) is 0 Å². The number of carbonyl (C=O) groups is 2. The van der Waals surface area contributed by atoms with Crippen molar-refractivity contribution in [1.29, 1.82) is 0 Å². The van der Waals surface area contributed by atoms with Crippen LogP contribution in [0.1, 0.15) is 29.8 Å². The molecule has 104 valence electrons. The highest BCUT2D eigenvalue weighted by Crippen LogP contribution is 2.18. The molecule has 0 spiro atoms. The maximum absolute atomic E-state index is 11.5. The molecule has 2 rings (SSSR count). The second kappa shape index (κ2) is 6.33. The normalized spacial score (nSPS) is 14.3. The first-order valence-electron chi connectivity index (χ1n) is 6.40. The number of nitrogens with zero attached hydrogens (tertiary/aromatic N) is 2. The number of hydrogen-bond acceptors (Lipinski definition) is 4. The van der Waals surface area contributed by atoms with Crippen LogP contribution in [0.3, 0.4) is 0 Å². The van der Waals surface area contributed by atoms with E-state index in [0.717, 1.165) is 0 Å². The van der Waals surface area contributed by atoms with Crippen LogP contribution in [0.25, 0.3) is 0 Å². The Balaban J connectivity index is 1.59. The van der Waals surface area contributed by atoms with E-state index < -0.39 is 5.97 Å². The lowest BCUT2D eigenvalue weighted by Gasteiger charge is -2.06. The van der Waals surface area contributed by atoms with Gasteiger partial charge >= 0.3 is 5.97 Å². The molecule has 1 aliphatic carbocycles. The van der Waals surface area contributed by atoms with Gasteiger partial charge in [0, 0.05) is 38.3 Å². The molecule has 0 bridgehead atoms. The summed E-state index contributed by atoms with van der Waals surface area (Å²) in [5.74, 6) is -1.04. The molecular weight excluding hydrogens is 248 g/mol. The molecule has 1 saturated carbocycles. The van der Waals surface area contributed by atoms with E-state index in [1.165, 1.54) is 25.4 Å². The fourth-order valence-corrected chi connectivity index (χ4v) is 1.68. The highest BCUT2D eigenvalue weighted by molar-refractivity contribution is 5.84. The minimum absolute atomic E-state index is 0.00623. The smallest absolute Gasteiger partial charge is 0.356 e. The van der Waals surface area contributed by atoms with Crippen molar-refractivity contribution in [3.8, 4) is 0 Å². The van der Waals surface area contributed by atoms with E-state index in [4.69, 9.17) is 5.11 Å². The third-order valence-corrected chi connectivity index (χ3v) is 2.91. The van der Waals surface area contributed by atoms with Crippen LogP contribution in [0.2, 0.25) is 0 Å². The van der Waals surface area contributed by atoms with Gasteiger partial charge in [-0.3, -0.25) is 4.79 Å².